The number of hydrogen-bond donors (Lipinski definition) is 0. The Kier molecular flexibility index (Phi) is 5.43. The number of thioether (sulfide) groups is 1. The first kappa shape index (κ1) is 16.9. The molecule has 24 heavy (non-hydrogen) atoms. The summed E-state index contributed by atoms with van der Waals surface area (Å²) in [6.07, 6.45) is 6.91. The van der Waals surface area contributed by atoms with Crippen molar-refractivity contribution in [3.8, 4) is 0 Å². The third-order valence-electron chi connectivity index (χ3n) is 3.77. The molecule has 1 amide bonds. The van der Waals surface area contributed by atoms with Crippen LogP contribution in [0, 0.1) is 0 Å². The predicted molar refractivity (Wildman–Crippen MR) is 105 cm³/mol. The summed E-state index contributed by atoms with van der Waals surface area (Å²) in [4.78, 5) is 19.1. The Morgan fingerprint density at radius 1 is 1.21 bits per heavy atom. The molecule has 5 heteroatoms. The van der Waals surface area contributed by atoms with Gasteiger partial charge < -0.3 is 0 Å². The molecule has 122 valence electrons. The van der Waals surface area contributed by atoms with E-state index >= 15 is 0 Å². The van der Waals surface area contributed by atoms with Crippen LogP contribution in [0.4, 0.5) is 5.69 Å². The van der Waals surface area contributed by atoms with Crippen LogP contribution < -0.4 is 4.90 Å². The van der Waals surface area contributed by atoms with E-state index in [4.69, 9.17) is 12.2 Å². The van der Waals surface area contributed by atoms with Gasteiger partial charge in [-0.3, -0.25) is 14.7 Å². The summed E-state index contributed by atoms with van der Waals surface area (Å²) in [6, 6.07) is 13.7. The molecule has 2 aromatic rings. The highest BCUT2D eigenvalue weighted by Crippen LogP contribution is 2.35. The molecule has 1 aromatic carbocycles. The first-order valence-corrected chi connectivity index (χ1v) is 9.19. The fourth-order valence-electron chi connectivity index (χ4n) is 2.48. The van der Waals surface area contributed by atoms with Crippen molar-refractivity contribution in [3.63, 3.8) is 0 Å². The average Bonchev–Trinajstić information content (AvgIpc) is 2.88. The molecule has 1 fully saturated rings. The van der Waals surface area contributed by atoms with Crippen LogP contribution in [0.1, 0.15) is 31.0 Å². The zero-order valence-electron chi connectivity index (χ0n) is 13.4. The number of carbonyl (C=O) groups is 1. The van der Waals surface area contributed by atoms with Gasteiger partial charge in [0.2, 0.25) is 0 Å². The van der Waals surface area contributed by atoms with Crippen molar-refractivity contribution in [2.24, 2.45) is 0 Å². The number of benzene rings is 1. The first-order chi connectivity index (χ1) is 11.7. The summed E-state index contributed by atoms with van der Waals surface area (Å²) in [5.41, 5.74) is 2.87. The number of hydrogen-bond acceptors (Lipinski definition) is 4. The van der Waals surface area contributed by atoms with Crippen molar-refractivity contribution in [2.75, 3.05) is 4.90 Å². The maximum Gasteiger partial charge on any atom is 0.270 e. The minimum absolute atomic E-state index is 0.0861. The van der Waals surface area contributed by atoms with Crippen molar-refractivity contribution in [1.29, 1.82) is 0 Å². The number of nitrogens with zero attached hydrogens (tertiary/aromatic N) is 2. The zero-order chi connectivity index (χ0) is 16.9. The van der Waals surface area contributed by atoms with E-state index in [0.717, 1.165) is 17.8 Å². The van der Waals surface area contributed by atoms with Gasteiger partial charge in [-0.2, -0.15) is 0 Å². The second kappa shape index (κ2) is 7.73. The second-order valence-electron chi connectivity index (χ2n) is 5.54. The molecule has 0 unspecified atom stereocenters. The largest absolute Gasteiger partial charge is 0.270 e. The molecule has 3 rings (SSSR count). The quantitative estimate of drug-likeness (QED) is 0.569. The number of anilines is 1. The third-order valence-corrected chi connectivity index (χ3v) is 5.08. The van der Waals surface area contributed by atoms with Gasteiger partial charge in [0.15, 0.2) is 4.32 Å². The lowest BCUT2D eigenvalue weighted by atomic mass is 10.1. The van der Waals surface area contributed by atoms with E-state index in [-0.39, 0.29) is 5.91 Å². The van der Waals surface area contributed by atoms with Crippen LogP contribution in [0.5, 0.6) is 0 Å². The van der Waals surface area contributed by atoms with Gasteiger partial charge >= 0.3 is 0 Å². The average molecular weight is 355 g/mol. The van der Waals surface area contributed by atoms with Crippen LogP contribution in [0.3, 0.4) is 0 Å². The van der Waals surface area contributed by atoms with E-state index in [1.54, 1.807) is 17.2 Å². The summed E-state index contributed by atoms with van der Waals surface area (Å²) >= 11 is 6.72. The van der Waals surface area contributed by atoms with Crippen molar-refractivity contribution < 1.29 is 4.79 Å². The number of aryl methyl sites for hydroxylation is 1. The lowest BCUT2D eigenvalue weighted by molar-refractivity contribution is -0.113. The first-order valence-electron chi connectivity index (χ1n) is 7.97. The summed E-state index contributed by atoms with van der Waals surface area (Å²) in [5, 5.41) is 0. The topological polar surface area (TPSA) is 33.2 Å². The van der Waals surface area contributed by atoms with E-state index in [9.17, 15) is 4.79 Å². The molecule has 0 N–H and O–H groups in total. The predicted octanol–water partition coefficient (Wildman–Crippen LogP) is 4.83. The summed E-state index contributed by atoms with van der Waals surface area (Å²) in [5.74, 6) is -0.0861. The Morgan fingerprint density at radius 2 is 2.00 bits per heavy atom. The standard InChI is InChI=1S/C19H18N2OS2/c1-2-3-6-14-8-10-16(11-9-14)21-18(22)17(24-19(21)23)13-15-7-4-5-12-20-15/h4-5,7-13H,2-3,6H2,1H3/b17-13-. The Morgan fingerprint density at radius 3 is 2.67 bits per heavy atom. The molecule has 0 aliphatic carbocycles. The number of amides is 1. The molecule has 0 bridgehead atoms. The van der Waals surface area contributed by atoms with Gasteiger partial charge in [0.25, 0.3) is 5.91 Å². The number of unbranched alkanes of at least 4 members (excludes halogenated alkanes) is 1. The maximum absolute atomic E-state index is 12.7. The molecular weight excluding hydrogens is 336 g/mol. The van der Waals surface area contributed by atoms with Gasteiger partial charge in [-0.25, -0.2) is 0 Å². The number of pyridine rings is 1. The van der Waals surface area contributed by atoms with Crippen LogP contribution in [0.15, 0.2) is 53.6 Å². The van der Waals surface area contributed by atoms with Crippen LogP contribution >= 0.6 is 24.0 Å². The smallest absolute Gasteiger partial charge is 0.268 e. The van der Waals surface area contributed by atoms with Gasteiger partial charge in [0.1, 0.15) is 0 Å². The van der Waals surface area contributed by atoms with Crippen molar-refractivity contribution in [3.05, 3.63) is 64.8 Å². The molecule has 3 nitrogen and oxygen atoms in total. The fourth-order valence-corrected chi connectivity index (χ4v) is 3.76. The Bertz CT molecular complexity index is 770. The van der Waals surface area contributed by atoms with Crippen LogP contribution in [0.25, 0.3) is 6.08 Å². The highest BCUT2D eigenvalue weighted by atomic mass is 32.2. The summed E-state index contributed by atoms with van der Waals surface area (Å²) < 4.78 is 0.559. The lowest BCUT2D eigenvalue weighted by Crippen LogP contribution is -2.27. The van der Waals surface area contributed by atoms with Gasteiger partial charge in [-0.1, -0.05) is 55.5 Å². The molecule has 1 aromatic heterocycles. The van der Waals surface area contributed by atoms with Gasteiger partial charge in [-0.15, -0.1) is 0 Å². The molecule has 1 aliphatic rings. The monoisotopic (exact) mass is 354 g/mol. The minimum Gasteiger partial charge on any atom is -0.268 e. The molecule has 0 atom stereocenters. The van der Waals surface area contributed by atoms with Gasteiger partial charge in [-0.05, 0) is 48.7 Å². The SMILES string of the molecule is CCCCc1ccc(N2C(=O)/C(=C/c3ccccn3)SC2=S)cc1. The Balaban J connectivity index is 1.80. The summed E-state index contributed by atoms with van der Waals surface area (Å²) in [6.45, 7) is 2.18. The van der Waals surface area contributed by atoms with Crippen molar-refractivity contribution in [2.45, 2.75) is 26.2 Å². The molecule has 1 aliphatic heterocycles. The Labute approximate surface area is 151 Å². The van der Waals surface area contributed by atoms with Crippen LogP contribution in [-0.4, -0.2) is 15.2 Å². The van der Waals surface area contributed by atoms with E-state index in [1.165, 1.54) is 30.2 Å². The maximum atomic E-state index is 12.7. The van der Waals surface area contributed by atoms with E-state index in [2.05, 4.69) is 24.0 Å². The second-order valence-corrected chi connectivity index (χ2v) is 7.22. The fraction of sp³-hybridized carbons (Fsp3) is 0.211. The van der Waals surface area contributed by atoms with E-state index < -0.39 is 0 Å². The van der Waals surface area contributed by atoms with Crippen LogP contribution in [-0.2, 0) is 11.2 Å². The number of thiocarbonyl (C=S) groups is 1. The van der Waals surface area contributed by atoms with Crippen molar-refractivity contribution in [1.82, 2.24) is 4.98 Å². The molecule has 2 heterocycles. The molecule has 0 spiro atoms. The van der Waals surface area contributed by atoms with E-state index in [1.807, 2.05) is 30.3 Å². The molecular formula is C19H18N2OS2. The number of carbonyl (C=O) groups excluding carboxylic acids is 1. The van der Waals surface area contributed by atoms with Gasteiger partial charge in [0.05, 0.1) is 16.3 Å². The molecule has 1 saturated heterocycles. The lowest BCUT2D eigenvalue weighted by Gasteiger charge is -2.15. The Hall–Kier alpha value is -1.98. The highest BCUT2D eigenvalue weighted by Gasteiger charge is 2.33. The normalized spacial score (nSPS) is 16.2. The van der Waals surface area contributed by atoms with Gasteiger partial charge in [0, 0.05) is 6.20 Å². The third kappa shape index (κ3) is 3.74. The number of rotatable bonds is 5. The minimum atomic E-state index is -0.0861. The zero-order valence-corrected chi connectivity index (χ0v) is 15.1. The van der Waals surface area contributed by atoms with Crippen LogP contribution in [0.2, 0.25) is 0 Å². The highest BCUT2D eigenvalue weighted by molar-refractivity contribution is 8.27. The molecule has 0 saturated carbocycles. The number of aromatic nitrogens is 1. The molecule has 0 radical (unpaired) electrons. The van der Waals surface area contributed by atoms with E-state index in [0.29, 0.717) is 9.23 Å². The van der Waals surface area contributed by atoms with Crippen molar-refractivity contribution >= 4 is 46.0 Å². The summed E-state index contributed by atoms with van der Waals surface area (Å²) in [7, 11) is 0.